The first kappa shape index (κ1) is 24.3. The van der Waals surface area contributed by atoms with Crippen LogP contribution in [0.25, 0.3) is 36.1 Å². The van der Waals surface area contributed by atoms with Crippen molar-refractivity contribution in [1.82, 2.24) is 0 Å². The molecule has 0 saturated heterocycles. The van der Waals surface area contributed by atoms with Crippen LogP contribution < -0.4 is 20.7 Å². The Morgan fingerprint density at radius 1 is 0.500 bits per heavy atom. The van der Waals surface area contributed by atoms with Gasteiger partial charge in [0.15, 0.2) is 13.8 Å². The Morgan fingerprint density at radius 3 is 1.80 bits per heavy atom. The first-order valence-electron chi connectivity index (χ1n) is 13.4. The number of hydrogen-bond acceptors (Lipinski definition) is 1. The zero-order valence-corrected chi connectivity index (χ0v) is 23.6. The van der Waals surface area contributed by atoms with Crippen molar-refractivity contribution in [3.8, 4) is 11.1 Å². The number of fused-ring (bicyclic) bond motifs is 3. The first-order chi connectivity index (χ1) is 19.8. The Balaban J connectivity index is 1.60. The van der Waals surface area contributed by atoms with Crippen LogP contribution in [0.3, 0.4) is 0 Å². The van der Waals surface area contributed by atoms with E-state index in [1.165, 1.54) is 46.5 Å². The van der Waals surface area contributed by atoms with E-state index in [1.54, 1.807) is 0 Å². The van der Waals surface area contributed by atoms with Crippen LogP contribution in [0.5, 0.6) is 0 Å². The fraction of sp³-hybridized carbons (Fsp3) is 0. The van der Waals surface area contributed by atoms with Gasteiger partial charge in [0.2, 0.25) is 0 Å². The number of hydrogen-bond donors (Lipinski definition) is 0. The third kappa shape index (κ3) is 3.89. The van der Waals surface area contributed by atoms with Crippen molar-refractivity contribution in [3.63, 3.8) is 0 Å². The van der Waals surface area contributed by atoms with E-state index < -0.39 is 8.07 Å². The third-order valence-electron chi connectivity index (χ3n) is 7.85. The molecular formula is C37H25NSSi. The van der Waals surface area contributed by atoms with E-state index in [0.717, 1.165) is 5.56 Å². The smallest absolute Gasteiger partial charge is 0.187 e. The molecule has 0 spiro atoms. The molecule has 0 fully saturated rings. The summed E-state index contributed by atoms with van der Waals surface area (Å²) in [5.74, 6) is 0. The van der Waals surface area contributed by atoms with Crippen molar-refractivity contribution in [2.24, 2.45) is 0 Å². The van der Waals surface area contributed by atoms with Crippen molar-refractivity contribution >= 4 is 66.0 Å². The highest BCUT2D eigenvalue weighted by Gasteiger charge is 2.43. The maximum Gasteiger partial charge on any atom is 0.187 e. The molecule has 0 aliphatic heterocycles. The van der Waals surface area contributed by atoms with Gasteiger partial charge in [-0.3, -0.25) is 0 Å². The molecule has 7 rings (SSSR count). The van der Waals surface area contributed by atoms with Gasteiger partial charge < -0.3 is 0 Å². The van der Waals surface area contributed by atoms with E-state index in [-0.39, 0.29) is 0 Å². The summed E-state index contributed by atoms with van der Waals surface area (Å²) in [4.78, 5) is 3.59. The van der Waals surface area contributed by atoms with Crippen molar-refractivity contribution in [1.29, 1.82) is 0 Å². The molecule has 0 aliphatic carbocycles. The minimum absolute atomic E-state index is 0.661. The minimum atomic E-state index is -2.75. The lowest BCUT2D eigenvalue weighted by Crippen LogP contribution is -2.74. The first-order valence-corrected chi connectivity index (χ1v) is 16.2. The monoisotopic (exact) mass is 543 g/mol. The average Bonchev–Trinajstić information content (AvgIpc) is 3.42. The van der Waals surface area contributed by atoms with Gasteiger partial charge in [0.05, 0.1) is 6.57 Å². The summed E-state index contributed by atoms with van der Waals surface area (Å²) in [7, 11) is -2.75. The Morgan fingerprint density at radius 2 is 1.10 bits per heavy atom. The van der Waals surface area contributed by atoms with E-state index in [1.807, 2.05) is 23.5 Å². The zero-order valence-electron chi connectivity index (χ0n) is 21.8. The van der Waals surface area contributed by atoms with E-state index in [2.05, 4.69) is 144 Å². The molecule has 1 nitrogen and oxygen atoms in total. The molecule has 3 heteroatoms. The third-order valence-corrected chi connectivity index (χ3v) is 14.0. The Hall–Kier alpha value is -4.75. The van der Waals surface area contributed by atoms with E-state index >= 15 is 0 Å². The molecule has 188 valence electrons. The molecular weight excluding hydrogens is 519 g/mol. The Kier molecular flexibility index (Phi) is 6.13. The van der Waals surface area contributed by atoms with Gasteiger partial charge in [0.25, 0.3) is 0 Å². The summed E-state index contributed by atoms with van der Waals surface area (Å²) >= 11 is 1.91. The van der Waals surface area contributed by atoms with Crippen molar-refractivity contribution < 1.29 is 0 Å². The molecule has 0 atom stereocenters. The Bertz CT molecular complexity index is 1960. The standard InChI is InChI=1S/C37H25NSSi/c1-38-29-24-22-27(23-25-29)28-12-10-17-32(26-28)40(30-13-4-2-5-14-30,31-15-6-3-7-16-31)36-21-11-19-34-33-18-8-9-20-35(33)39-37(34)36/h2-26H. The molecule has 1 aromatic heterocycles. The maximum atomic E-state index is 7.36. The summed E-state index contributed by atoms with van der Waals surface area (Å²) < 4.78 is 2.69. The topological polar surface area (TPSA) is 4.36 Å². The van der Waals surface area contributed by atoms with Gasteiger partial charge in [-0.1, -0.05) is 146 Å². The molecule has 7 aromatic rings. The highest BCUT2D eigenvalue weighted by atomic mass is 32.1. The van der Waals surface area contributed by atoms with Gasteiger partial charge >= 0.3 is 0 Å². The largest absolute Gasteiger partial charge is 0.238 e. The van der Waals surface area contributed by atoms with E-state index in [9.17, 15) is 0 Å². The predicted octanol–water partition coefficient (Wildman–Crippen LogP) is 7.65. The van der Waals surface area contributed by atoms with Crippen LogP contribution in [0.1, 0.15) is 0 Å². The number of thiophene rings is 1. The molecule has 40 heavy (non-hydrogen) atoms. The summed E-state index contributed by atoms with van der Waals surface area (Å²) in [6, 6.07) is 55.0. The maximum absolute atomic E-state index is 7.36. The quantitative estimate of drug-likeness (QED) is 0.119. The molecule has 0 N–H and O–H groups in total. The molecule has 0 bridgehead atoms. The van der Waals surface area contributed by atoms with Gasteiger partial charge in [-0.2, -0.15) is 0 Å². The Labute approximate surface area is 239 Å². The summed E-state index contributed by atoms with van der Waals surface area (Å²) in [5.41, 5.74) is 2.95. The molecule has 1 heterocycles. The molecule has 0 radical (unpaired) electrons. The average molecular weight is 544 g/mol. The van der Waals surface area contributed by atoms with E-state index in [0.29, 0.717) is 5.69 Å². The minimum Gasteiger partial charge on any atom is -0.238 e. The zero-order chi connectivity index (χ0) is 26.9. The SMILES string of the molecule is [C-]#[N+]c1ccc(-c2cccc([Si](c3ccccc3)(c3ccccc3)c3cccc4c3sc3ccccc34)c2)cc1. The molecule has 0 unspecified atom stereocenters. The highest BCUT2D eigenvalue weighted by Crippen LogP contribution is 2.34. The lowest BCUT2D eigenvalue weighted by molar-refractivity contribution is 1.63. The van der Waals surface area contributed by atoms with Crippen LogP contribution in [0.2, 0.25) is 0 Å². The lowest BCUT2D eigenvalue weighted by Gasteiger charge is -2.35. The van der Waals surface area contributed by atoms with Crippen molar-refractivity contribution in [2.75, 3.05) is 0 Å². The van der Waals surface area contributed by atoms with Gasteiger partial charge in [-0.15, -0.1) is 11.3 Å². The second-order valence-electron chi connectivity index (χ2n) is 10.0. The summed E-state index contributed by atoms with van der Waals surface area (Å²) in [5, 5.41) is 8.15. The second-order valence-corrected chi connectivity index (χ2v) is 14.8. The summed E-state index contributed by atoms with van der Waals surface area (Å²) in [6.45, 7) is 7.36. The van der Waals surface area contributed by atoms with Crippen LogP contribution in [0, 0.1) is 6.57 Å². The fourth-order valence-corrected chi connectivity index (χ4v) is 12.6. The molecule has 0 aliphatic rings. The highest BCUT2D eigenvalue weighted by molar-refractivity contribution is 7.30. The number of nitrogens with zero attached hydrogens (tertiary/aromatic N) is 1. The normalized spacial score (nSPS) is 11.5. The molecule has 6 aromatic carbocycles. The van der Waals surface area contributed by atoms with Crippen molar-refractivity contribution in [2.45, 2.75) is 0 Å². The van der Waals surface area contributed by atoms with Crippen LogP contribution in [-0.4, -0.2) is 8.07 Å². The van der Waals surface area contributed by atoms with Crippen LogP contribution in [0.4, 0.5) is 5.69 Å². The fourth-order valence-electron chi connectivity index (χ4n) is 6.05. The van der Waals surface area contributed by atoms with Crippen LogP contribution in [0.15, 0.2) is 152 Å². The molecule has 0 saturated carbocycles. The van der Waals surface area contributed by atoms with Gasteiger partial charge in [0, 0.05) is 20.2 Å². The van der Waals surface area contributed by atoms with Gasteiger partial charge in [-0.05, 0) is 37.9 Å². The van der Waals surface area contributed by atoms with Gasteiger partial charge in [-0.25, -0.2) is 4.85 Å². The van der Waals surface area contributed by atoms with E-state index in [4.69, 9.17) is 6.57 Å². The molecule has 0 amide bonds. The van der Waals surface area contributed by atoms with Gasteiger partial charge in [0.1, 0.15) is 0 Å². The second kappa shape index (κ2) is 10.1. The lowest BCUT2D eigenvalue weighted by atomic mass is 10.1. The predicted molar refractivity (Wildman–Crippen MR) is 175 cm³/mol. The summed E-state index contributed by atoms with van der Waals surface area (Å²) in [6.07, 6.45) is 0. The van der Waals surface area contributed by atoms with Crippen LogP contribution >= 0.6 is 11.3 Å². The number of benzene rings is 6. The van der Waals surface area contributed by atoms with Crippen molar-refractivity contribution in [3.05, 3.63) is 163 Å². The van der Waals surface area contributed by atoms with Crippen LogP contribution in [-0.2, 0) is 0 Å². The number of rotatable bonds is 5.